The van der Waals surface area contributed by atoms with Crippen molar-refractivity contribution in [2.75, 3.05) is 0 Å². The second kappa shape index (κ2) is 3.70. The fraction of sp³-hybridized carbons (Fsp3) is 0.533. The van der Waals surface area contributed by atoms with Gasteiger partial charge in [-0.15, -0.1) is 0 Å². The second-order valence-electron chi connectivity index (χ2n) is 5.99. The van der Waals surface area contributed by atoms with E-state index in [1.54, 1.807) is 0 Å². The maximum absolute atomic E-state index is 5.57. The summed E-state index contributed by atoms with van der Waals surface area (Å²) in [5.41, 5.74) is 3.82. The number of rotatable bonds is 3. The van der Waals surface area contributed by atoms with E-state index in [2.05, 4.69) is 34.7 Å². The zero-order valence-corrected chi connectivity index (χ0v) is 11.5. The monoisotopic (exact) mass is 258 g/mol. The molecule has 1 N–H and O–H groups in total. The molecule has 2 saturated carbocycles. The quantitative estimate of drug-likeness (QED) is 0.811. The van der Waals surface area contributed by atoms with Gasteiger partial charge in [0.15, 0.2) is 4.77 Å². The van der Waals surface area contributed by atoms with E-state index in [1.807, 2.05) is 0 Å². The highest BCUT2D eigenvalue weighted by Gasteiger charge is 2.43. The number of nitrogens with one attached hydrogen (secondary N) is 1. The lowest BCUT2D eigenvalue weighted by Gasteiger charge is -2.18. The molecule has 1 aromatic carbocycles. The molecule has 2 aliphatic carbocycles. The van der Waals surface area contributed by atoms with Gasteiger partial charge in [0, 0.05) is 6.04 Å². The third kappa shape index (κ3) is 1.64. The number of hydrogen-bond acceptors (Lipinski definition) is 1. The Morgan fingerprint density at radius 2 is 1.89 bits per heavy atom. The second-order valence-corrected chi connectivity index (χ2v) is 6.37. The van der Waals surface area contributed by atoms with Crippen LogP contribution in [0.5, 0.6) is 0 Å². The molecule has 3 heteroatoms. The third-order valence-corrected chi connectivity index (χ3v) is 4.68. The van der Waals surface area contributed by atoms with E-state index in [0.717, 1.165) is 16.6 Å². The summed E-state index contributed by atoms with van der Waals surface area (Å²) in [5, 5.41) is 0. The SMILES string of the molecule is Cc1ccc2[nH]c(=S)n(C(C3CC3)C3CC3)c2c1. The molecule has 0 saturated heterocycles. The van der Waals surface area contributed by atoms with Crippen LogP contribution in [0, 0.1) is 23.5 Å². The summed E-state index contributed by atoms with van der Waals surface area (Å²) >= 11 is 5.57. The molecule has 2 aliphatic rings. The Morgan fingerprint density at radius 1 is 1.22 bits per heavy atom. The van der Waals surface area contributed by atoms with Crippen molar-refractivity contribution in [3.8, 4) is 0 Å². The van der Waals surface area contributed by atoms with Crippen molar-refractivity contribution in [2.24, 2.45) is 11.8 Å². The van der Waals surface area contributed by atoms with Gasteiger partial charge in [0.05, 0.1) is 11.0 Å². The van der Waals surface area contributed by atoms with E-state index in [4.69, 9.17) is 12.2 Å². The number of benzene rings is 1. The Labute approximate surface area is 112 Å². The van der Waals surface area contributed by atoms with Gasteiger partial charge < -0.3 is 9.55 Å². The summed E-state index contributed by atoms with van der Waals surface area (Å²) in [6, 6.07) is 7.25. The molecule has 0 spiro atoms. The zero-order valence-electron chi connectivity index (χ0n) is 10.6. The van der Waals surface area contributed by atoms with Gasteiger partial charge in [-0.3, -0.25) is 0 Å². The summed E-state index contributed by atoms with van der Waals surface area (Å²) in [6.07, 6.45) is 5.56. The molecule has 0 atom stereocenters. The van der Waals surface area contributed by atoms with Crippen LogP contribution in [0.1, 0.15) is 37.3 Å². The first-order valence-corrected chi connectivity index (χ1v) is 7.36. The zero-order chi connectivity index (χ0) is 12.3. The maximum Gasteiger partial charge on any atom is 0.178 e. The van der Waals surface area contributed by atoms with Gasteiger partial charge in [0.25, 0.3) is 0 Å². The molecule has 0 aliphatic heterocycles. The molecule has 2 aromatic rings. The van der Waals surface area contributed by atoms with E-state index in [-0.39, 0.29) is 0 Å². The molecule has 0 unspecified atom stereocenters. The largest absolute Gasteiger partial charge is 0.331 e. The summed E-state index contributed by atoms with van der Waals surface area (Å²) in [4.78, 5) is 3.38. The van der Waals surface area contributed by atoms with Crippen molar-refractivity contribution in [3.63, 3.8) is 0 Å². The molecule has 94 valence electrons. The average Bonchev–Trinajstić information content (AvgIpc) is 3.22. The van der Waals surface area contributed by atoms with Crippen molar-refractivity contribution in [2.45, 2.75) is 38.6 Å². The number of imidazole rings is 1. The van der Waals surface area contributed by atoms with Crippen LogP contribution in [-0.2, 0) is 0 Å². The molecule has 0 amide bonds. The van der Waals surface area contributed by atoms with Crippen LogP contribution in [0.3, 0.4) is 0 Å². The molecule has 0 radical (unpaired) electrons. The van der Waals surface area contributed by atoms with Crippen LogP contribution < -0.4 is 0 Å². The number of aryl methyl sites for hydroxylation is 1. The molecule has 4 rings (SSSR count). The van der Waals surface area contributed by atoms with Gasteiger partial charge in [0.2, 0.25) is 0 Å². The van der Waals surface area contributed by atoms with E-state index in [1.165, 1.54) is 42.3 Å². The normalized spacial score (nSPS) is 19.9. The van der Waals surface area contributed by atoms with Crippen molar-refractivity contribution >= 4 is 23.3 Å². The Bertz CT molecular complexity index is 647. The van der Waals surface area contributed by atoms with Crippen LogP contribution in [0.15, 0.2) is 18.2 Å². The number of aromatic nitrogens is 2. The van der Waals surface area contributed by atoms with E-state index >= 15 is 0 Å². The fourth-order valence-corrected chi connectivity index (χ4v) is 3.54. The smallest absolute Gasteiger partial charge is 0.178 e. The summed E-state index contributed by atoms with van der Waals surface area (Å²) in [7, 11) is 0. The fourth-order valence-electron chi connectivity index (χ4n) is 3.21. The highest BCUT2D eigenvalue weighted by Crippen LogP contribution is 2.52. The van der Waals surface area contributed by atoms with Gasteiger partial charge in [-0.05, 0) is 74.4 Å². The van der Waals surface area contributed by atoms with Crippen molar-refractivity contribution in [1.82, 2.24) is 9.55 Å². The molecule has 1 aromatic heterocycles. The molecular formula is C15H18N2S. The van der Waals surface area contributed by atoms with Crippen LogP contribution in [0.25, 0.3) is 11.0 Å². The van der Waals surface area contributed by atoms with Gasteiger partial charge in [-0.2, -0.15) is 0 Å². The van der Waals surface area contributed by atoms with Crippen LogP contribution in [-0.4, -0.2) is 9.55 Å². The number of nitrogens with zero attached hydrogens (tertiary/aromatic N) is 1. The molecule has 18 heavy (non-hydrogen) atoms. The number of hydrogen-bond donors (Lipinski definition) is 1. The first kappa shape index (κ1) is 10.8. The minimum atomic E-state index is 0.660. The minimum absolute atomic E-state index is 0.660. The molecule has 0 bridgehead atoms. The lowest BCUT2D eigenvalue weighted by Crippen LogP contribution is -2.13. The average molecular weight is 258 g/mol. The third-order valence-electron chi connectivity index (χ3n) is 4.38. The summed E-state index contributed by atoms with van der Waals surface area (Å²) < 4.78 is 3.34. The first-order valence-electron chi connectivity index (χ1n) is 6.95. The number of H-pyrrole nitrogens is 1. The highest BCUT2D eigenvalue weighted by atomic mass is 32.1. The van der Waals surface area contributed by atoms with Gasteiger partial charge >= 0.3 is 0 Å². The van der Waals surface area contributed by atoms with Gasteiger partial charge in [0.1, 0.15) is 0 Å². The predicted octanol–water partition coefficient (Wildman–Crippen LogP) is 4.37. The van der Waals surface area contributed by atoms with Crippen LogP contribution in [0.2, 0.25) is 0 Å². The summed E-state index contributed by atoms with van der Waals surface area (Å²) in [6.45, 7) is 2.16. The summed E-state index contributed by atoms with van der Waals surface area (Å²) in [5.74, 6) is 1.76. The Kier molecular flexibility index (Phi) is 2.22. The standard InChI is InChI=1S/C15H18N2S/c1-9-2-7-12-13(8-9)17(15(18)16-12)14(10-3-4-10)11-5-6-11/h2,7-8,10-11,14H,3-6H2,1H3,(H,16,18). The van der Waals surface area contributed by atoms with Crippen molar-refractivity contribution < 1.29 is 0 Å². The molecule has 2 fully saturated rings. The Hall–Kier alpha value is -1.09. The molecular weight excluding hydrogens is 240 g/mol. The maximum atomic E-state index is 5.57. The van der Waals surface area contributed by atoms with Crippen LogP contribution >= 0.6 is 12.2 Å². The van der Waals surface area contributed by atoms with Crippen molar-refractivity contribution in [3.05, 3.63) is 28.5 Å². The Morgan fingerprint density at radius 3 is 2.50 bits per heavy atom. The highest BCUT2D eigenvalue weighted by molar-refractivity contribution is 7.71. The van der Waals surface area contributed by atoms with Crippen molar-refractivity contribution in [1.29, 1.82) is 0 Å². The number of aromatic amines is 1. The number of fused-ring (bicyclic) bond motifs is 1. The molecule has 2 nitrogen and oxygen atoms in total. The first-order chi connectivity index (χ1) is 8.74. The van der Waals surface area contributed by atoms with E-state index in [9.17, 15) is 0 Å². The topological polar surface area (TPSA) is 20.7 Å². The van der Waals surface area contributed by atoms with E-state index < -0.39 is 0 Å². The Balaban J connectivity index is 1.94. The van der Waals surface area contributed by atoms with Gasteiger partial charge in [-0.1, -0.05) is 6.07 Å². The molecule has 1 heterocycles. The predicted molar refractivity (Wildman–Crippen MR) is 76.3 cm³/mol. The van der Waals surface area contributed by atoms with Crippen LogP contribution in [0.4, 0.5) is 0 Å². The minimum Gasteiger partial charge on any atom is -0.331 e. The van der Waals surface area contributed by atoms with E-state index in [0.29, 0.717) is 6.04 Å². The lowest BCUT2D eigenvalue weighted by molar-refractivity contribution is 0.400. The lowest BCUT2D eigenvalue weighted by atomic mass is 10.1. The van der Waals surface area contributed by atoms with Gasteiger partial charge in [-0.25, -0.2) is 0 Å².